The molecule has 0 saturated carbocycles. The summed E-state index contributed by atoms with van der Waals surface area (Å²) >= 11 is 0. The molecule has 0 aromatic carbocycles. The summed E-state index contributed by atoms with van der Waals surface area (Å²) in [6.07, 6.45) is 0. The first-order valence-electron chi connectivity index (χ1n) is 3.03. The van der Waals surface area contributed by atoms with Crippen molar-refractivity contribution in [2.45, 2.75) is 0 Å². The molecule has 0 heterocycles. The predicted molar refractivity (Wildman–Crippen MR) is 52.7 cm³/mol. The number of hydrogen-bond donors (Lipinski definition) is 6. The summed E-state index contributed by atoms with van der Waals surface area (Å²) in [5, 5.41) is 0. The summed E-state index contributed by atoms with van der Waals surface area (Å²) in [4.78, 5) is 49.4. The zero-order valence-electron chi connectivity index (χ0n) is 8.33. The van der Waals surface area contributed by atoms with Crippen LogP contribution in [0.4, 0.5) is 0 Å². The van der Waals surface area contributed by atoms with Crippen LogP contribution in [-0.2, 0) is 31.2 Å². The van der Waals surface area contributed by atoms with E-state index in [0.29, 0.717) is 0 Å². The van der Waals surface area contributed by atoms with Gasteiger partial charge in [-0.25, -0.2) is 18.3 Å². The first kappa shape index (κ1) is 21.9. The fourth-order valence-electron chi connectivity index (χ4n) is 0.429. The molecule has 0 amide bonds. The summed E-state index contributed by atoms with van der Waals surface area (Å²) in [6, 6.07) is 0. The molecule has 0 fully saturated rings. The topological polar surface area (TPSA) is 217 Å². The Morgan fingerprint density at radius 3 is 0.944 bits per heavy atom. The van der Waals surface area contributed by atoms with Crippen molar-refractivity contribution in [3.05, 3.63) is 0 Å². The van der Waals surface area contributed by atoms with Gasteiger partial charge in [-0.15, -0.1) is 0 Å². The van der Waals surface area contributed by atoms with Crippen molar-refractivity contribution in [2.24, 2.45) is 0 Å². The second-order valence-corrected chi connectivity index (χ2v) is 7.96. The SMILES string of the molecule is O=P(O)(O)OP(=O)(O)OP(=O)(O)OP(=O)(O)O.[Na]. The zero-order valence-corrected chi connectivity index (χ0v) is 13.9. The molecule has 0 aromatic rings. The van der Waals surface area contributed by atoms with Gasteiger partial charge in [0.1, 0.15) is 0 Å². The Balaban J connectivity index is 0. The van der Waals surface area contributed by atoms with Crippen molar-refractivity contribution in [3.8, 4) is 0 Å². The van der Waals surface area contributed by atoms with E-state index in [-0.39, 0.29) is 29.6 Å². The Bertz CT molecular complexity index is 408. The van der Waals surface area contributed by atoms with E-state index < -0.39 is 31.3 Å². The average Bonchev–Trinajstić information content (AvgIpc) is 1.65. The van der Waals surface area contributed by atoms with Crippen LogP contribution in [0.3, 0.4) is 0 Å². The summed E-state index contributed by atoms with van der Waals surface area (Å²) in [5.41, 5.74) is 0. The van der Waals surface area contributed by atoms with Crippen LogP contribution >= 0.6 is 31.3 Å². The Morgan fingerprint density at radius 2 is 0.778 bits per heavy atom. The first-order chi connectivity index (χ1) is 7.12. The molecule has 0 aliphatic rings. The van der Waals surface area contributed by atoms with E-state index in [1.54, 1.807) is 0 Å². The molecule has 0 rings (SSSR count). The van der Waals surface area contributed by atoms with E-state index in [4.69, 9.17) is 29.4 Å². The summed E-state index contributed by atoms with van der Waals surface area (Å²) in [5.74, 6) is 0. The van der Waals surface area contributed by atoms with E-state index in [2.05, 4.69) is 12.9 Å². The van der Waals surface area contributed by atoms with Gasteiger partial charge in [0.25, 0.3) is 0 Å². The summed E-state index contributed by atoms with van der Waals surface area (Å²) in [6.45, 7) is 0. The molecular formula is H6NaO13P4. The van der Waals surface area contributed by atoms with Crippen molar-refractivity contribution in [3.63, 3.8) is 0 Å². The van der Waals surface area contributed by atoms with Gasteiger partial charge in [0.15, 0.2) is 0 Å². The average molecular weight is 361 g/mol. The van der Waals surface area contributed by atoms with Crippen LogP contribution in [0.5, 0.6) is 0 Å². The molecule has 18 heavy (non-hydrogen) atoms. The molecule has 2 atom stereocenters. The minimum absolute atomic E-state index is 0. The maximum absolute atomic E-state index is 10.7. The molecular weight excluding hydrogens is 355 g/mol. The zero-order chi connectivity index (χ0) is 14.1. The van der Waals surface area contributed by atoms with E-state index in [0.717, 1.165) is 0 Å². The van der Waals surface area contributed by atoms with Gasteiger partial charge < -0.3 is 29.4 Å². The maximum Gasteiger partial charge on any atom is 0.490 e. The Morgan fingerprint density at radius 1 is 0.556 bits per heavy atom. The number of rotatable bonds is 6. The van der Waals surface area contributed by atoms with Gasteiger partial charge in [-0.3, -0.25) is 0 Å². The molecule has 1 radical (unpaired) electrons. The van der Waals surface area contributed by atoms with Gasteiger partial charge in [-0.1, -0.05) is 0 Å². The van der Waals surface area contributed by atoms with Crippen LogP contribution in [-0.4, -0.2) is 58.9 Å². The Labute approximate surface area is 121 Å². The van der Waals surface area contributed by atoms with Crippen LogP contribution < -0.4 is 0 Å². The third-order valence-corrected chi connectivity index (χ3v) is 5.63. The third-order valence-electron chi connectivity index (χ3n) is 0.625. The van der Waals surface area contributed by atoms with E-state index in [1.165, 1.54) is 0 Å². The van der Waals surface area contributed by atoms with Crippen molar-refractivity contribution in [2.75, 3.05) is 0 Å². The maximum atomic E-state index is 10.7. The monoisotopic (exact) mass is 361 g/mol. The van der Waals surface area contributed by atoms with Crippen LogP contribution in [0.1, 0.15) is 0 Å². The van der Waals surface area contributed by atoms with Gasteiger partial charge >= 0.3 is 31.3 Å². The summed E-state index contributed by atoms with van der Waals surface area (Å²) < 4.78 is 50.9. The normalized spacial score (nSPS) is 19.4. The molecule has 0 aliphatic heterocycles. The molecule has 2 unspecified atom stereocenters. The standard InChI is InChI=1S/Na.H6O13P4/c;1-14(2,3)11-16(7,8)13-17(9,10)12-15(4,5)6/h;(H,7,8)(H,9,10)(H2,1,2,3)(H2,4,5,6). The fraction of sp³-hybridized carbons (Fsp3) is 0. The van der Waals surface area contributed by atoms with Gasteiger partial charge in [0.2, 0.25) is 0 Å². The Hall–Kier alpha value is 1.56. The second kappa shape index (κ2) is 7.02. The quantitative estimate of drug-likeness (QED) is 0.248. The van der Waals surface area contributed by atoms with Crippen molar-refractivity contribution >= 4 is 60.8 Å². The van der Waals surface area contributed by atoms with Gasteiger partial charge in [-0.05, 0) is 0 Å². The van der Waals surface area contributed by atoms with Crippen LogP contribution in [0.2, 0.25) is 0 Å². The van der Waals surface area contributed by atoms with E-state index in [9.17, 15) is 18.3 Å². The van der Waals surface area contributed by atoms with Gasteiger partial charge in [-0.2, -0.15) is 12.9 Å². The van der Waals surface area contributed by atoms with Gasteiger partial charge in [0.05, 0.1) is 0 Å². The molecule has 13 nitrogen and oxygen atoms in total. The first-order valence-corrected chi connectivity index (χ1v) is 9.08. The molecule has 0 aliphatic carbocycles. The second-order valence-electron chi connectivity index (χ2n) is 2.16. The van der Waals surface area contributed by atoms with Gasteiger partial charge in [0, 0.05) is 29.6 Å². The molecule has 18 heteroatoms. The summed E-state index contributed by atoms with van der Waals surface area (Å²) in [7, 11) is -22.6. The number of phosphoric acid groups is 4. The molecule has 0 bridgehead atoms. The molecule has 0 aromatic heterocycles. The van der Waals surface area contributed by atoms with Crippen molar-refractivity contribution in [1.29, 1.82) is 0 Å². The predicted octanol–water partition coefficient (Wildman–Crippen LogP) is -0.958. The Kier molecular flexibility index (Phi) is 8.52. The smallest absolute Gasteiger partial charge is 0.302 e. The molecule has 6 N–H and O–H groups in total. The minimum Gasteiger partial charge on any atom is -0.302 e. The largest absolute Gasteiger partial charge is 0.490 e. The third kappa shape index (κ3) is 12.6. The van der Waals surface area contributed by atoms with Crippen molar-refractivity contribution < 1.29 is 60.6 Å². The van der Waals surface area contributed by atoms with Crippen LogP contribution in [0, 0.1) is 0 Å². The van der Waals surface area contributed by atoms with Crippen molar-refractivity contribution in [1.82, 2.24) is 0 Å². The van der Waals surface area contributed by atoms with E-state index >= 15 is 0 Å². The molecule has 0 spiro atoms. The molecule has 105 valence electrons. The number of hydrogen-bond acceptors (Lipinski definition) is 7. The fourth-order valence-corrected chi connectivity index (χ4v) is 4.40. The van der Waals surface area contributed by atoms with Crippen LogP contribution in [0.25, 0.3) is 0 Å². The molecule has 0 saturated heterocycles. The van der Waals surface area contributed by atoms with E-state index in [1.807, 2.05) is 0 Å². The minimum atomic E-state index is -5.77. The van der Waals surface area contributed by atoms with Crippen LogP contribution in [0.15, 0.2) is 0 Å².